The molecule has 2 aromatic carbocycles. The number of pyridine rings is 1. The van der Waals surface area contributed by atoms with Gasteiger partial charge in [-0.3, -0.25) is 19.0 Å². The topological polar surface area (TPSA) is 184 Å². The Balaban J connectivity index is 1.21. The first-order chi connectivity index (χ1) is 25.5. The van der Waals surface area contributed by atoms with E-state index in [0.29, 0.717) is 6.20 Å². The summed E-state index contributed by atoms with van der Waals surface area (Å²) >= 11 is 6.07. The summed E-state index contributed by atoms with van der Waals surface area (Å²) in [6, 6.07) is 17.8. The lowest BCUT2D eigenvalue weighted by Crippen LogP contribution is -2.46. The number of halogens is 2. The Labute approximate surface area is 303 Å². The predicted octanol–water partition coefficient (Wildman–Crippen LogP) is 4.35. The van der Waals surface area contributed by atoms with E-state index in [0.717, 1.165) is 28.5 Å². The standard InChI is InChI=1S/C36H27ClFN3O12/c1-20(42)49-19-29-28(50-18-21-7-3-2-4-8-21)15-31(51-29)40-17-25(38)33(44)41(36(40)47)32(43)22-9-5-10-23(13-22)34(45)53-30-14-27(24(37)16-39-30)52-35(46)26-11-6-12-48-26/h2-14,16-17,28-29,31H,15,18-19H2,1H3/t28-,29+,31+/m0/s1. The fourth-order valence-electron chi connectivity index (χ4n) is 5.24. The van der Waals surface area contributed by atoms with Gasteiger partial charge in [-0.1, -0.05) is 48.0 Å². The second kappa shape index (κ2) is 16.0. The number of rotatable bonds is 11. The van der Waals surface area contributed by atoms with Crippen molar-refractivity contribution in [2.45, 2.75) is 38.4 Å². The van der Waals surface area contributed by atoms with Gasteiger partial charge in [-0.2, -0.15) is 8.96 Å². The highest BCUT2D eigenvalue weighted by Gasteiger charge is 2.39. The number of ether oxygens (including phenoxy) is 5. The Hall–Kier alpha value is -6.23. The molecule has 0 saturated carbocycles. The minimum atomic E-state index is -1.54. The fourth-order valence-corrected chi connectivity index (χ4v) is 5.39. The highest BCUT2D eigenvalue weighted by molar-refractivity contribution is 6.32. The van der Waals surface area contributed by atoms with Crippen LogP contribution in [-0.4, -0.2) is 56.7 Å². The van der Waals surface area contributed by atoms with Crippen molar-refractivity contribution in [1.82, 2.24) is 14.1 Å². The largest absolute Gasteiger partial charge is 0.463 e. The molecule has 0 unspecified atom stereocenters. The van der Waals surface area contributed by atoms with Crippen molar-refractivity contribution in [3.63, 3.8) is 0 Å². The van der Waals surface area contributed by atoms with Gasteiger partial charge in [-0.25, -0.2) is 19.4 Å². The third kappa shape index (κ3) is 8.47. The maximum absolute atomic E-state index is 15.1. The summed E-state index contributed by atoms with van der Waals surface area (Å²) in [7, 11) is 0. The molecule has 5 aromatic rings. The van der Waals surface area contributed by atoms with Crippen LogP contribution >= 0.6 is 11.6 Å². The third-order valence-electron chi connectivity index (χ3n) is 7.79. The number of furan rings is 1. The van der Waals surface area contributed by atoms with Crippen LogP contribution in [0.2, 0.25) is 5.02 Å². The average molecular weight is 748 g/mol. The van der Waals surface area contributed by atoms with Gasteiger partial charge in [0.15, 0.2) is 5.75 Å². The Morgan fingerprint density at radius 1 is 0.962 bits per heavy atom. The summed E-state index contributed by atoms with van der Waals surface area (Å²) in [5, 5.41) is -0.0818. The quantitative estimate of drug-likeness (QED) is 0.174. The molecule has 3 atom stereocenters. The highest BCUT2D eigenvalue weighted by Crippen LogP contribution is 2.31. The molecule has 6 rings (SSSR count). The Kier molecular flexibility index (Phi) is 11.0. The molecule has 1 fully saturated rings. The van der Waals surface area contributed by atoms with E-state index >= 15 is 4.39 Å². The van der Waals surface area contributed by atoms with Gasteiger partial charge in [0.1, 0.15) is 24.0 Å². The summed E-state index contributed by atoms with van der Waals surface area (Å²) in [4.78, 5) is 80.9. The lowest BCUT2D eigenvalue weighted by atomic mass is 10.1. The van der Waals surface area contributed by atoms with Crippen molar-refractivity contribution in [2.24, 2.45) is 0 Å². The van der Waals surface area contributed by atoms with Gasteiger partial charge in [0.2, 0.25) is 17.5 Å². The lowest BCUT2D eigenvalue weighted by Gasteiger charge is -2.18. The molecular formula is C36H27ClFN3O12. The molecule has 0 spiro atoms. The van der Waals surface area contributed by atoms with E-state index in [2.05, 4.69) is 4.98 Å². The van der Waals surface area contributed by atoms with Crippen LogP contribution in [0.25, 0.3) is 0 Å². The van der Waals surface area contributed by atoms with Crippen LogP contribution in [0.5, 0.6) is 11.6 Å². The van der Waals surface area contributed by atoms with E-state index in [1.165, 1.54) is 43.5 Å². The summed E-state index contributed by atoms with van der Waals surface area (Å²) in [5.41, 5.74) is -2.53. The molecular weight excluding hydrogens is 721 g/mol. The molecule has 3 aromatic heterocycles. The molecule has 0 aliphatic carbocycles. The maximum Gasteiger partial charge on any atom is 0.379 e. The minimum absolute atomic E-state index is 0.0334. The van der Waals surface area contributed by atoms with Gasteiger partial charge in [-0.15, -0.1) is 0 Å². The molecule has 272 valence electrons. The first-order valence-electron chi connectivity index (χ1n) is 15.7. The van der Waals surface area contributed by atoms with Gasteiger partial charge in [0, 0.05) is 25.0 Å². The monoisotopic (exact) mass is 747 g/mol. The molecule has 1 saturated heterocycles. The van der Waals surface area contributed by atoms with Crippen molar-refractivity contribution >= 4 is 35.4 Å². The van der Waals surface area contributed by atoms with E-state index in [1.54, 1.807) is 0 Å². The summed E-state index contributed by atoms with van der Waals surface area (Å²) in [6.45, 7) is 1.11. The van der Waals surface area contributed by atoms with Crippen LogP contribution in [-0.2, 0) is 25.6 Å². The molecule has 15 nitrogen and oxygen atoms in total. The predicted molar refractivity (Wildman–Crippen MR) is 179 cm³/mol. The fraction of sp³-hybridized carbons (Fsp3) is 0.194. The zero-order valence-corrected chi connectivity index (χ0v) is 28.3. The number of carbonyl (C=O) groups excluding carboxylic acids is 4. The molecule has 1 aliphatic rings. The van der Waals surface area contributed by atoms with Crippen molar-refractivity contribution in [1.29, 1.82) is 0 Å². The van der Waals surface area contributed by atoms with Gasteiger partial charge in [0.05, 0.1) is 36.9 Å². The van der Waals surface area contributed by atoms with Gasteiger partial charge >= 0.3 is 23.6 Å². The van der Waals surface area contributed by atoms with Crippen LogP contribution in [0.4, 0.5) is 4.39 Å². The molecule has 4 heterocycles. The van der Waals surface area contributed by atoms with Crippen LogP contribution in [0, 0.1) is 5.82 Å². The van der Waals surface area contributed by atoms with E-state index in [4.69, 9.17) is 39.7 Å². The highest BCUT2D eigenvalue weighted by atomic mass is 35.5. The normalized spacial score (nSPS) is 16.5. The lowest BCUT2D eigenvalue weighted by molar-refractivity contribution is -0.148. The number of benzene rings is 2. The second-order valence-electron chi connectivity index (χ2n) is 11.4. The van der Waals surface area contributed by atoms with Gasteiger partial charge in [0.25, 0.3) is 11.5 Å². The summed E-state index contributed by atoms with van der Waals surface area (Å²) < 4.78 is 48.4. The smallest absolute Gasteiger partial charge is 0.379 e. The van der Waals surface area contributed by atoms with E-state index in [-0.39, 0.29) is 57.7 Å². The number of nitrogens with zero attached hydrogens (tertiary/aromatic N) is 3. The summed E-state index contributed by atoms with van der Waals surface area (Å²) in [6.07, 6.45) is 0.0840. The Morgan fingerprint density at radius 3 is 2.47 bits per heavy atom. The molecule has 17 heteroatoms. The van der Waals surface area contributed by atoms with E-state index in [9.17, 15) is 28.8 Å². The second-order valence-corrected chi connectivity index (χ2v) is 11.8. The molecule has 0 bridgehead atoms. The van der Waals surface area contributed by atoms with Crippen molar-refractivity contribution in [2.75, 3.05) is 6.61 Å². The zero-order valence-electron chi connectivity index (χ0n) is 27.5. The molecule has 53 heavy (non-hydrogen) atoms. The first kappa shape index (κ1) is 36.6. The maximum atomic E-state index is 15.1. The van der Waals surface area contributed by atoms with Crippen LogP contribution < -0.4 is 20.7 Å². The molecule has 0 radical (unpaired) electrons. The zero-order chi connectivity index (χ0) is 37.6. The van der Waals surface area contributed by atoms with Gasteiger partial charge < -0.3 is 28.1 Å². The average Bonchev–Trinajstić information content (AvgIpc) is 3.84. The Morgan fingerprint density at radius 2 is 1.74 bits per heavy atom. The number of carbonyl (C=O) groups is 4. The van der Waals surface area contributed by atoms with Gasteiger partial charge in [-0.05, 0) is 35.9 Å². The van der Waals surface area contributed by atoms with E-state index < -0.39 is 59.3 Å². The van der Waals surface area contributed by atoms with Crippen LogP contribution in [0.3, 0.4) is 0 Å². The third-order valence-corrected chi connectivity index (χ3v) is 8.07. The SMILES string of the molecule is CC(=O)OC[C@H]1O[C@@H](n2cc(F)c(=O)n(C(=O)c3cccc(C(=O)Oc4cc(OC(=O)c5ccco5)c(Cl)cn4)c3)c2=O)C[C@@H]1OCc1ccccc1. The number of aromatic nitrogens is 3. The minimum Gasteiger partial charge on any atom is -0.463 e. The van der Waals surface area contributed by atoms with Crippen LogP contribution in [0.1, 0.15) is 56.4 Å². The molecule has 0 amide bonds. The first-order valence-corrected chi connectivity index (χ1v) is 16.1. The molecule has 0 N–H and O–H groups in total. The van der Waals surface area contributed by atoms with Crippen molar-refractivity contribution in [3.05, 3.63) is 146 Å². The van der Waals surface area contributed by atoms with Crippen molar-refractivity contribution in [3.8, 4) is 11.6 Å². The number of esters is 3. The summed E-state index contributed by atoms with van der Waals surface area (Å²) in [5.74, 6) is -5.86. The van der Waals surface area contributed by atoms with Crippen molar-refractivity contribution < 1.29 is 51.7 Å². The number of hydrogen-bond acceptors (Lipinski definition) is 13. The Bertz CT molecular complexity index is 2290. The number of hydrogen-bond donors (Lipinski definition) is 0. The van der Waals surface area contributed by atoms with E-state index in [1.807, 2.05) is 30.3 Å². The molecule has 1 aliphatic heterocycles. The van der Waals surface area contributed by atoms with Crippen LogP contribution in [0.15, 0.2) is 105 Å².